The van der Waals surface area contributed by atoms with E-state index in [0.717, 1.165) is 0 Å². The van der Waals surface area contributed by atoms with Gasteiger partial charge in [0, 0.05) is 6.42 Å². The summed E-state index contributed by atoms with van der Waals surface area (Å²) in [6, 6.07) is 0. The van der Waals surface area contributed by atoms with Crippen LogP contribution in [0.4, 0.5) is 0 Å². The Morgan fingerprint density at radius 1 is 1.67 bits per heavy atom. The number of rotatable bonds is 0. The Morgan fingerprint density at radius 3 is 2.75 bits per heavy atom. The van der Waals surface area contributed by atoms with Crippen LogP contribution in [0.2, 0.25) is 0 Å². The van der Waals surface area contributed by atoms with Crippen LogP contribution in [0.5, 0.6) is 0 Å². The zero-order valence-electron chi connectivity index (χ0n) is 6.90. The zero-order chi connectivity index (χ0) is 9.35. The van der Waals surface area contributed by atoms with E-state index in [2.05, 4.69) is 5.92 Å². The fraction of sp³-hybridized carbons (Fsp3) is 0.750. The third-order valence-corrected chi connectivity index (χ3v) is 2.13. The molecule has 0 aromatic carbocycles. The van der Waals surface area contributed by atoms with Crippen LogP contribution in [0, 0.1) is 12.3 Å². The molecule has 68 valence electrons. The Bertz CT molecular complexity index is 213. The molecule has 0 aromatic heterocycles. The van der Waals surface area contributed by atoms with Gasteiger partial charge >= 0.3 is 0 Å². The molecule has 1 fully saturated rings. The number of aliphatic hydroxyl groups excluding tert-OH is 2. The van der Waals surface area contributed by atoms with E-state index in [9.17, 15) is 5.11 Å². The van der Waals surface area contributed by atoms with E-state index in [1.807, 2.05) is 0 Å². The summed E-state index contributed by atoms with van der Waals surface area (Å²) in [6.45, 7) is 1.62. The van der Waals surface area contributed by atoms with E-state index in [1.165, 1.54) is 0 Å². The summed E-state index contributed by atoms with van der Waals surface area (Å²) in [5, 5.41) is 18.7. The minimum Gasteiger partial charge on any atom is -0.387 e. The summed E-state index contributed by atoms with van der Waals surface area (Å²) in [6.07, 6.45) is 2.78. The van der Waals surface area contributed by atoms with Gasteiger partial charge in [-0.25, -0.2) is 0 Å². The van der Waals surface area contributed by atoms with Crippen LogP contribution in [0.1, 0.15) is 13.3 Å². The SMILES string of the molecule is C#CC1(N)CC(O)OC(C)C1O. The number of hydrogen-bond donors (Lipinski definition) is 3. The molecule has 0 aliphatic carbocycles. The van der Waals surface area contributed by atoms with Crippen molar-refractivity contribution in [2.45, 2.75) is 37.4 Å². The summed E-state index contributed by atoms with van der Waals surface area (Å²) in [4.78, 5) is 0. The second-order valence-electron chi connectivity index (χ2n) is 3.13. The molecule has 4 nitrogen and oxygen atoms in total. The van der Waals surface area contributed by atoms with E-state index in [1.54, 1.807) is 6.92 Å². The minimum absolute atomic E-state index is 0.0645. The third kappa shape index (κ3) is 1.45. The average molecular weight is 171 g/mol. The number of aliphatic hydroxyl groups is 2. The lowest BCUT2D eigenvalue weighted by Gasteiger charge is -2.40. The predicted molar refractivity (Wildman–Crippen MR) is 42.9 cm³/mol. The number of hydrogen-bond acceptors (Lipinski definition) is 4. The maximum Gasteiger partial charge on any atom is 0.157 e. The highest BCUT2D eigenvalue weighted by atomic mass is 16.6. The second kappa shape index (κ2) is 3.04. The summed E-state index contributed by atoms with van der Waals surface area (Å²) in [5.74, 6) is 2.28. The molecule has 0 saturated carbocycles. The van der Waals surface area contributed by atoms with Crippen LogP contribution >= 0.6 is 0 Å². The lowest BCUT2D eigenvalue weighted by molar-refractivity contribution is -0.209. The molecule has 4 unspecified atom stereocenters. The van der Waals surface area contributed by atoms with Gasteiger partial charge in [0.2, 0.25) is 0 Å². The van der Waals surface area contributed by atoms with Crippen molar-refractivity contribution in [1.29, 1.82) is 0 Å². The van der Waals surface area contributed by atoms with E-state index in [-0.39, 0.29) is 6.42 Å². The molecule has 1 heterocycles. The highest BCUT2D eigenvalue weighted by Gasteiger charge is 2.43. The van der Waals surface area contributed by atoms with Crippen LogP contribution in [-0.4, -0.2) is 34.2 Å². The summed E-state index contributed by atoms with van der Waals surface area (Å²) >= 11 is 0. The number of terminal acetylenes is 1. The fourth-order valence-corrected chi connectivity index (χ4v) is 1.34. The number of ether oxygens (including phenoxy) is 1. The summed E-state index contributed by atoms with van der Waals surface area (Å²) in [7, 11) is 0. The molecule has 12 heavy (non-hydrogen) atoms. The molecule has 1 rings (SSSR count). The van der Waals surface area contributed by atoms with Crippen molar-refractivity contribution in [3.8, 4) is 12.3 Å². The van der Waals surface area contributed by atoms with E-state index in [4.69, 9.17) is 22.0 Å². The summed E-state index contributed by atoms with van der Waals surface area (Å²) in [5.41, 5.74) is 4.49. The zero-order valence-corrected chi connectivity index (χ0v) is 6.90. The van der Waals surface area contributed by atoms with E-state index < -0.39 is 24.0 Å². The Kier molecular flexibility index (Phi) is 2.40. The van der Waals surface area contributed by atoms with Gasteiger partial charge in [0.05, 0.1) is 6.10 Å². The fourth-order valence-electron chi connectivity index (χ4n) is 1.34. The molecule has 4 N–H and O–H groups in total. The van der Waals surface area contributed by atoms with Crippen molar-refractivity contribution >= 4 is 0 Å². The van der Waals surface area contributed by atoms with Crippen molar-refractivity contribution in [3.05, 3.63) is 0 Å². The molecular formula is C8H13NO3. The molecule has 0 aromatic rings. The topological polar surface area (TPSA) is 75.7 Å². The van der Waals surface area contributed by atoms with Gasteiger partial charge in [-0.3, -0.25) is 0 Å². The molecule has 0 radical (unpaired) electrons. The van der Waals surface area contributed by atoms with Crippen LogP contribution in [0.3, 0.4) is 0 Å². The highest BCUT2D eigenvalue weighted by Crippen LogP contribution is 2.25. The highest BCUT2D eigenvalue weighted by molar-refractivity contribution is 5.17. The van der Waals surface area contributed by atoms with Gasteiger partial charge in [-0.1, -0.05) is 5.92 Å². The summed E-state index contributed by atoms with van der Waals surface area (Å²) < 4.78 is 4.93. The van der Waals surface area contributed by atoms with E-state index >= 15 is 0 Å². The molecule has 1 aliphatic rings. The van der Waals surface area contributed by atoms with Gasteiger partial charge in [-0.05, 0) is 6.92 Å². The van der Waals surface area contributed by atoms with Crippen LogP contribution in [-0.2, 0) is 4.74 Å². The van der Waals surface area contributed by atoms with Crippen molar-refractivity contribution in [2.75, 3.05) is 0 Å². The first kappa shape index (κ1) is 9.49. The standard InChI is InChI=1S/C8H13NO3/c1-3-8(9)4-6(10)12-5(2)7(8)11/h1,5-7,10-11H,4,9H2,2H3. The molecule has 4 heteroatoms. The lowest BCUT2D eigenvalue weighted by atomic mass is 9.85. The van der Waals surface area contributed by atoms with Gasteiger partial charge in [-0.2, -0.15) is 0 Å². The average Bonchev–Trinajstić information content (AvgIpc) is 2.00. The first-order valence-corrected chi connectivity index (χ1v) is 3.78. The first-order chi connectivity index (χ1) is 5.49. The predicted octanol–water partition coefficient (Wildman–Crippen LogP) is -1.19. The largest absolute Gasteiger partial charge is 0.387 e. The van der Waals surface area contributed by atoms with Gasteiger partial charge in [0.25, 0.3) is 0 Å². The van der Waals surface area contributed by atoms with Crippen LogP contribution < -0.4 is 5.73 Å². The molecular weight excluding hydrogens is 158 g/mol. The van der Waals surface area contributed by atoms with E-state index in [0.29, 0.717) is 0 Å². The van der Waals surface area contributed by atoms with Gasteiger partial charge < -0.3 is 20.7 Å². The number of nitrogens with two attached hydrogens (primary N) is 1. The molecule has 1 saturated heterocycles. The normalized spacial score (nSPS) is 48.4. The Hall–Kier alpha value is -0.600. The Morgan fingerprint density at radius 2 is 2.25 bits per heavy atom. The molecule has 0 spiro atoms. The molecule has 4 atom stereocenters. The van der Waals surface area contributed by atoms with Crippen molar-refractivity contribution in [1.82, 2.24) is 0 Å². The van der Waals surface area contributed by atoms with Gasteiger partial charge in [0.1, 0.15) is 11.6 Å². The van der Waals surface area contributed by atoms with Crippen LogP contribution in [0.15, 0.2) is 0 Å². The minimum atomic E-state index is -1.17. The smallest absolute Gasteiger partial charge is 0.157 e. The molecule has 1 aliphatic heterocycles. The lowest BCUT2D eigenvalue weighted by Crippen LogP contribution is -2.61. The van der Waals surface area contributed by atoms with Gasteiger partial charge in [-0.15, -0.1) is 6.42 Å². The monoisotopic (exact) mass is 171 g/mol. The quantitative estimate of drug-likeness (QED) is 0.400. The van der Waals surface area contributed by atoms with Crippen molar-refractivity contribution < 1.29 is 14.9 Å². The third-order valence-electron chi connectivity index (χ3n) is 2.13. The van der Waals surface area contributed by atoms with Gasteiger partial charge in [0.15, 0.2) is 6.29 Å². The molecule has 0 amide bonds. The second-order valence-corrected chi connectivity index (χ2v) is 3.13. The maximum atomic E-state index is 9.51. The van der Waals surface area contributed by atoms with Crippen molar-refractivity contribution in [2.24, 2.45) is 5.73 Å². The first-order valence-electron chi connectivity index (χ1n) is 3.78. The van der Waals surface area contributed by atoms with Crippen molar-refractivity contribution in [3.63, 3.8) is 0 Å². The Labute approximate surface area is 71.3 Å². The maximum absolute atomic E-state index is 9.51. The Balaban J connectivity index is 2.81. The molecule has 0 bridgehead atoms. The van der Waals surface area contributed by atoms with Crippen LogP contribution in [0.25, 0.3) is 0 Å².